The minimum Gasteiger partial charge on any atom is -0.394 e. The van der Waals surface area contributed by atoms with E-state index in [9.17, 15) is 10.2 Å². The average Bonchev–Trinajstić information content (AvgIpc) is 2.90. The molecule has 3 rings (SSSR count). The molecule has 0 saturated carbocycles. The smallest absolute Gasteiger partial charge is 0.152 e. The number of fused-ring (bicyclic) bond motifs is 1. The van der Waals surface area contributed by atoms with Crippen molar-refractivity contribution in [1.82, 2.24) is 14.6 Å². The van der Waals surface area contributed by atoms with E-state index in [1.165, 1.54) is 10.8 Å². The van der Waals surface area contributed by atoms with Gasteiger partial charge in [-0.1, -0.05) is 11.6 Å². The van der Waals surface area contributed by atoms with Gasteiger partial charge in [-0.2, -0.15) is 5.10 Å². The summed E-state index contributed by atoms with van der Waals surface area (Å²) in [6.45, 7) is -0.400. The average molecular weight is 301 g/mol. The van der Waals surface area contributed by atoms with Crippen LogP contribution >= 0.6 is 11.6 Å². The molecule has 3 heterocycles. The maximum absolute atomic E-state index is 10.0. The van der Waals surface area contributed by atoms with Gasteiger partial charge in [-0.3, -0.25) is 0 Å². The quantitative estimate of drug-likeness (QED) is 0.567. The van der Waals surface area contributed by atoms with E-state index in [-0.39, 0.29) is 5.82 Å². The molecular formula is C11H13ClN4O4. The second-order valence-electron chi connectivity index (χ2n) is 4.58. The number of nitrogens with two attached hydrogens (primary N) is 1. The molecule has 0 unspecified atom stereocenters. The van der Waals surface area contributed by atoms with Crippen LogP contribution in [-0.2, 0) is 4.74 Å². The molecule has 20 heavy (non-hydrogen) atoms. The second kappa shape index (κ2) is 4.83. The van der Waals surface area contributed by atoms with Crippen LogP contribution in [0.15, 0.2) is 12.4 Å². The standard InChI is InChI=1S/C11H13ClN4O4/c12-4-1-5(16-7(4)11(13)14-3-15-16)10-9(19)8(18)6(2-17)20-10/h1,3,6,8-10,17-19H,2H2,(H2,13,14,15)/t6-,8-,9-,10+/m1/s1. The Hall–Kier alpha value is -1.45. The van der Waals surface area contributed by atoms with Crippen LogP contribution in [0.3, 0.4) is 0 Å². The normalized spacial score (nSPS) is 30.2. The first-order valence-electron chi connectivity index (χ1n) is 5.94. The minimum absolute atomic E-state index is 0.197. The predicted octanol–water partition coefficient (Wildman–Crippen LogP) is -0.881. The molecule has 2 aromatic heterocycles. The van der Waals surface area contributed by atoms with Crippen molar-refractivity contribution < 1.29 is 20.1 Å². The number of aliphatic hydroxyl groups is 3. The summed E-state index contributed by atoms with van der Waals surface area (Å²) in [6.07, 6.45) is -2.86. The summed E-state index contributed by atoms with van der Waals surface area (Å²) in [7, 11) is 0. The number of anilines is 1. The van der Waals surface area contributed by atoms with E-state index in [1.807, 2.05) is 0 Å². The lowest BCUT2D eigenvalue weighted by molar-refractivity contribution is -0.0244. The van der Waals surface area contributed by atoms with E-state index < -0.39 is 31.0 Å². The van der Waals surface area contributed by atoms with Crippen molar-refractivity contribution in [2.75, 3.05) is 12.3 Å². The number of nitrogen functional groups attached to an aromatic ring is 1. The Bertz CT molecular complexity index is 649. The third-order valence-corrected chi connectivity index (χ3v) is 3.69. The lowest BCUT2D eigenvalue weighted by Gasteiger charge is -2.14. The Morgan fingerprint density at radius 3 is 2.80 bits per heavy atom. The predicted molar refractivity (Wildman–Crippen MR) is 69.1 cm³/mol. The van der Waals surface area contributed by atoms with Gasteiger partial charge in [0.2, 0.25) is 0 Å². The first kappa shape index (κ1) is 13.5. The third-order valence-electron chi connectivity index (χ3n) is 3.40. The van der Waals surface area contributed by atoms with Crippen LogP contribution in [0.25, 0.3) is 5.52 Å². The number of halogens is 1. The minimum atomic E-state index is -1.20. The summed E-state index contributed by atoms with van der Waals surface area (Å²) in [6, 6.07) is 1.54. The molecule has 1 aliphatic rings. The van der Waals surface area contributed by atoms with Crippen LogP contribution in [0.1, 0.15) is 11.8 Å². The molecule has 0 bridgehead atoms. The number of hydrogen-bond donors (Lipinski definition) is 4. The van der Waals surface area contributed by atoms with Crippen LogP contribution in [0.4, 0.5) is 5.82 Å². The molecule has 1 fully saturated rings. The summed E-state index contributed by atoms with van der Waals surface area (Å²) < 4.78 is 6.86. The fraction of sp³-hybridized carbons (Fsp3) is 0.455. The van der Waals surface area contributed by atoms with Gasteiger partial charge < -0.3 is 25.8 Å². The number of ether oxygens (including phenoxy) is 1. The molecule has 9 heteroatoms. The van der Waals surface area contributed by atoms with Crippen LogP contribution in [0.2, 0.25) is 5.02 Å². The lowest BCUT2D eigenvalue weighted by Crippen LogP contribution is -2.32. The Morgan fingerprint density at radius 2 is 2.15 bits per heavy atom. The van der Waals surface area contributed by atoms with Crippen molar-refractivity contribution in [3.8, 4) is 0 Å². The molecule has 1 saturated heterocycles. The van der Waals surface area contributed by atoms with Crippen LogP contribution < -0.4 is 5.73 Å². The second-order valence-corrected chi connectivity index (χ2v) is 4.99. The first-order chi connectivity index (χ1) is 9.54. The Morgan fingerprint density at radius 1 is 1.40 bits per heavy atom. The monoisotopic (exact) mass is 300 g/mol. The van der Waals surface area contributed by atoms with Crippen molar-refractivity contribution in [2.24, 2.45) is 0 Å². The van der Waals surface area contributed by atoms with E-state index in [0.717, 1.165) is 0 Å². The fourth-order valence-corrected chi connectivity index (χ4v) is 2.68. The van der Waals surface area contributed by atoms with Gasteiger partial charge in [-0.25, -0.2) is 9.50 Å². The van der Waals surface area contributed by atoms with E-state index >= 15 is 0 Å². The molecule has 4 atom stereocenters. The van der Waals surface area contributed by atoms with Crippen molar-refractivity contribution >= 4 is 22.9 Å². The number of nitrogens with zero attached hydrogens (tertiary/aromatic N) is 3. The molecular weight excluding hydrogens is 288 g/mol. The highest BCUT2D eigenvalue weighted by Crippen LogP contribution is 2.37. The maximum Gasteiger partial charge on any atom is 0.152 e. The van der Waals surface area contributed by atoms with Crippen molar-refractivity contribution in [2.45, 2.75) is 24.4 Å². The molecule has 5 N–H and O–H groups in total. The van der Waals surface area contributed by atoms with E-state index in [1.54, 1.807) is 6.07 Å². The Kier molecular flexibility index (Phi) is 3.27. The largest absolute Gasteiger partial charge is 0.394 e. The molecule has 0 radical (unpaired) electrons. The molecule has 8 nitrogen and oxygen atoms in total. The highest BCUT2D eigenvalue weighted by atomic mass is 35.5. The number of hydrogen-bond acceptors (Lipinski definition) is 7. The first-order valence-corrected chi connectivity index (χ1v) is 6.32. The van der Waals surface area contributed by atoms with E-state index in [2.05, 4.69) is 10.1 Å². The molecule has 1 aliphatic heterocycles. The van der Waals surface area contributed by atoms with Gasteiger partial charge in [0.15, 0.2) is 5.82 Å². The lowest BCUT2D eigenvalue weighted by atomic mass is 10.1. The van der Waals surface area contributed by atoms with Crippen LogP contribution in [0, 0.1) is 0 Å². The summed E-state index contributed by atoms with van der Waals surface area (Å²) in [4.78, 5) is 3.84. The third kappa shape index (κ3) is 1.85. The highest BCUT2D eigenvalue weighted by Gasteiger charge is 2.44. The Balaban J connectivity index is 2.10. The summed E-state index contributed by atoms with van der Waals surface area (Å²) in [5.41, 5.74) is 6.57. The van der Waals surface area contributed by atoms with Gasteiger partial charge >= 0.3 is 0 Å². The van der Waals surface area contributed by atoms with Gasteiger partial charge in [0.05, 0.1) is 17.3 Å². The molecule has 0 aromatic carbocycles. The zero-order chi connectivity index (χ0) is 14.4. The van der Waals surface area contributed by atoms with Crippen molar-refractivity contribution in [3.05, 3.63) is 23.1 Å². The topological polar surface area (TPSA) is 126 Å². The van der Waals surface area contributed by atoms with Gasteiger partial charge in [0.1, 0.15) is 36.3 Å². The molecule has 108 valence electrons. The SMILES string of the molecule is Nc1ncnn2c([C@@H]3O[C@H](CO)[C@@H](O)[C@H]3O)cc(Cl)c12. The molecule has 0 spiro atoms. The Labute approximate surface area is 118 Å². The highest BCUT2D eigenvalue weighted by molar-refractivity contribution is 6.34. The zero-order valence-electron chi connectivity index (χ0n) is 10.2. The summed E-state index contributed by atoms with van der Waals surface area (Å²) >= 11 is 6.09. The van der Waals surface area contributed by atoms with Crippen molar-refractivity contribution in [1.29, 1.82) is 0 Å². The molecule has 0 aliphatic carbocycles. The van der Waals surface area contributed by atoms with Gasteiger partial charge in [-0.05, 0) is 6.07 Å². The van der Waals surface area contributed by atoms with Crippen LogP contribution in [-0.4, -0.2) is 54.8 Å². The summed E-state index contributed by atoms with van der Waals surface area (Å²) in [5.74, 6) is 0.197. The van der Waals surface area contributed by atoms with Gasteiger partial charge in [-0.15, -0.1) is 0 Å². The van der Waals surface area contributed by atoms with Gasteiger partial charge in [0.25, 0.3) is 0 Å². The van der Waals surface area contributed by atoms with E-state index in [4.69, 9.17) is 27.2 Å². The van der Waals surface area contributed by atoms with Crippen molar-refractivity contribution in [3.63, 3.8) is 0 Å². The molecule has 2 aromatic rings. The summed E-state index contributed by atoms with van der Waals surface area (Å²) in [5, 5.41) is 33.3. The van der Waals surface area contributed by atoms with E-state index in [0.29, 0.717) is 16.2 Å². The zero-order valence-corrected chi connectivity index (χ0v) is 11.0. The number of aromatic nitrogens is 3. The number of rotatable bonds is 2. The number of aliphatic hydroxyl groups excluding tert-OH is 3. The van der Waals surface area contributed by atoms with Gasteiger partial charge in [0, 0.05) is 0 Å². The van der Waals surface area contributed by atoms with Crippen LogP contribution in [0.5, 0.6) is 0 Å². The maximum atomic E-state index is 10.0. The molecule has 0 amide bonds. The fourth-order valence-electron chi connectivity index (χ4n) is 2.39.